The molecule has 4 heteroatoms. The predicted octanol–water partition coefficient (Wildman–Crippen LogP) is 1.52. The number of esters is 1. The van der Waals surface area contributed by atoms with E-state index in [4.69, 9.17) is 4.74 Å². The Hall–Kier alpha value is -1.55. The molecule has 92 valence electrons. The predicted molar refractivity (Wildman–Crippen MR) is 63.9 cm³/mol. The summed E-state index contributed by atoms with van der Waals surface area (Å²) in [4.78, 5) is 11.3. The van der Waals surface area contributed by atoms with Crippen molar-refractivity contribution in [1.82, 2.24) is 5.32 Å². The van der Waals surface area contributed by atoms with Gasteiger partial charge in [0.1, 0.15) is 12.4 Å². The molecule has 1 heterocycles. The fourth-order valence-corrected chi connectivity index (χ4v) is 1.94. The van der Waals surface area contributed by atoms with E-state index < -0.39 is 0 Å². The number of nitrogens with one attached hydrogen (secondary N) is 1. The van der Waals surface area contributed by atoms with Crippen LogP contribution in [0, 0.1) is 5.92 Å². The molecule has 0 spiro atoms. The average Bonchev–Trinajstić information content (AvgIpc) is 2.78. The lowest BCUT2D eigenvalue weighted by Crippen LogP contribution is -2.31. The monoisotopic (exact) mass is 235 g/mol. The van der Waals surface area contributed by atoms with Gasteiger partial charge in [0, 0.05) is 12.1 Å². The van der Waals surface area contributed by atoms with Crippen LogP contribution < -0.4 is 10.1 Å². The number of carbonyl (C=O) groups excluding carboxylic acids is 1. The Bertz CT molecular complexity index is 405. The first-order valence-corrected chi connectivity index (χ1v) is 5.75. The second-order valence-electron chi connectivity index (χ2n) is 4.23. The van der Waals surface area contributed by atoms with E-state index in [2.05, 4.69) is 10.1 Å². The van der Waals surface area contributed by atoms with E-state index in [-0.39, 0.29) is 17.9 Å². The summed E-state index contributed by atoms with van der Waals surface area (Å²) in [5.74, 6) is 0.591. The highest BCUT2D eigenvalue weighted by atomic mass is 16.5. The van der Waals surface area contributed by atoms with Gasteiger partial charge in [-0.1, -0.05) is 25.1 Å². The van der Waals surface area contributed by atoms with E-state index in [0.29, 0.717) is 13.2 Å². The van der Waals surface area contributed by atoms with E-state index >= 15 is 0 Å². The molecule has 0 bridgehead atoms. The normalized spacial score (nSPS) is 19.3. The lowest BCUT2D eigenvalue weighted by molar-refractivity contribution is -0.144. The molecule has 1 N–H and O–H groups in total. The SMILES string of the molecule is COC(=O)C(C)CNC1COc2ccccc21. The number of ether oxygens (including phenoxy) is 2. The zero-order chi connectivity index (χ0) is 12.3. The van der Waals surface area contributed by atoms with Gasteiger partial charge in [0.05, 0.1) is 19.1 Å². The fourth-order valence-electron chi connectivity index (χ4n) is 1.94. The summed E-state index contributed by atoms with van der Waals surface area (Å²) in [7, 11) is 1.41. The van der Waals surface area contributed by atoms with Gasteiger partial charge in [-0.2, -0.15) is 0 Å². The largest absolute Gasteiger partial charge is 0.491 e. The topological polar surface area (TPSA) is 47.6 Å². The van der Waals surface area contributed by atoms with E-state index in [0.717, 1.165) is 11.3 Å². The molecule has 0 amide bonds. The highest BCUT2D eigenvalue weighted by Crippen LogP contribution is 2.31. The lowest BCUT2D eigenvalue weighted by atomic mass is 10.1. The van der Waals surface area contributed by atoms with Crippen molar-refractivity contribution in [1.29, 1.82) is 0 Å². The molecule has 4 nitrogen and oxygen atoms in total. The maximum absolute atomic E-state index is 11.3. The summed E-state index contributed by atoms with van der Waals surface area (Å²) in [6.07, 6.45) is 0. The number of hydrogen-bond donors (Lipinski definition) is 1. The van der Waals surface area contributed by atoms with Crippen molar-refractivity contribution in [2.75, 3.05) is 20.3 Å². The van der Waals surface area contributed by atoms with Crippen LogP contribution in [0.25, 0.3) is 0 Å². The quantitative estimate of drug-likeness (QED) is 0.804. The van der Waals surface area contributed by atoms with Gasteiger partial charge < -0.3 is 14.8 Å². The van der Waals surface area contributed by atoms with Crippen LogP contribution in [0.1, 0.15) is 18.5 Å². The highest BCUT2D eigenvalue weighted by molar-refractivity contribution is 5.72. The fraction of sp³-hybridized carbons (Fsp3) is 0.462. The Morgan fingerprint density at radius 2 is 2.35 bits per heavy atom. The number of para-hydroxylation sites is 1. The van der Waals surface area contributed by atoms with Crippen molar-refractivity contribution in [2.24, 2.45) is 5.92 Å². The van der Waals surface area contributed by atoms with Gasteiger partial charge in [0.2, 0.25) is 0 Å². The Balaban J connectivity index is 1.92. The van der Waals surface area contributed by atoms with Gasteiger partial charge in [0.15, 0.2) is 0 Å². The highest BCUT2D eigenvalue weighted by Gasteiger charge is 2.24. The van der Waals surface area contributed by atoms with Crippen molar-refractivity contribution < 1.29 is 14.3 Å². The van der Waals surface area contributed by atoms with Gasteiger partial charge in [-0.25, -0.2) is 0 Å². The molecular weight excluding hydrogens is 218 g/mol. The summed E-state index contributed by atoms with van der Waals surface area (Å²) in [6.45, 7) is 3.06. The number of hydrogen-bond acceptors (Lipinski definition) is 4. The minimum Gasteiger partial charge on any atom is -0.491 e. The summed E-state index contributed by atoms with van der Waals surface area (Å²) < 4.78 is 10.2. The molecule has 2 atom stereocenters. The van der Waals surface area contributed by atoms with Crippen LogP contribution in [0.5, 0.6) is 5.75 Å². The Morgan fingerprint density at radius 1 is 1.59 bits per heavy atom. The third-order valence-electron chi connectivity index (χ3n) is 2.97. The zero-order valence-electron chi connectivity index (χ0n) is 10.1. The van der Waals surface area contributed by atoms with Gasteiger partial charge in [-0.15, -0.1) is 0 Å². The van der Waals surface area contributed by atoms with Crippen LogP contribution in [-0.2, 0) is 9.53 Å². The van der Waals surface area contributed by atoms with Crippen LogP contribution in [-0.4, -0.2) is 26.2 Å². The molecule has 0 radical (unpaired) electrons. The molecular formula is C13H17NO3. The molecule has 1 aromatic carbocycles. The van der Waals surface area contributed by atoms with E-state index in [1.165, 1.54) is 7.11 Å². The Morgan fingerprint density at radius 3 is 3.12 bits per heavy atom. The maximum atomic E-state index is 11.3. The van der Waals surface area contributed by atoms with Crippen LogP contribution in [0.15, 0.2) is 24.3 Å². The number of fused-ring (bicyclic) bond motifs is 1. The summed E-state index contributed by atoms with van der Waals surface area (Å²) in [5.41, 5.74) is 1.16. The first kappa shape index (κ1) is 11.9. The number of benzene rings is 1. The number of methoxy groups -OCH3 is 1. The van der Waals surface area contributed by atoms with E-state index in [1.807, 2.05) is 31.2 Å². The van der Waals surface area contributed by atoms with Crippen molar-refractivity contribution >= 4 is 5.97 Å². The molecule has 2 unspecified atom stereocenters. The van der Waals surface area contributed by atoms with Gasteiger partial charge in [-0.05, 0) is 6.07 Å². The second-order valence-corrected chi connectivity index (χ2v) is 4.23. The smallest absolute Gasteiger partial charge is 0.309 e. The van der Waals surface area contributed by atoms with Gasteiger partial charge in [0.25, 0.3) is 0 Å². The molecule has 0 fully saturated rings. The second kappa shape index (κ2) is 5.19. The number of carbonyl (C=O) groups is 1. The molecule has 0 saturated heterocycles. The van der Waals surface area contributed by atoms with E-state index in [9.17, 15) is 4.79 Å². The van der Waals surface area contributed by atoms with Crippen molar-refractivity contribution in [3.63, 3.8) is 0 Å². The van der Waals surface area contributed by atoms with Crippen molar-refractivity contribution in [3.05, 3.63) is 29.8 Å². The molecule has 0 saturated carbocycles. The standard InChI is InChI=1S/C13H17NO3/c1-9(13(15)16-2)7-14-11-8-17-12-6-4-3-5-10(11)12/h3-6,9,11,14H,7-8H2,1-2H3. The number of rotatable bonds is 4. The first-order valence-electron chi connectivity index (χ1n) is 5.75. The molecule has 1 aliphatic heterocycles. The van der Waals surface area contributed by atoms with Gasteiger partial charge >= 0.3 is 5.97 Å². The molecule has 1 aromatic rings. The minimum atomic E-state index is -0.190. The third kappa shape index (κ3) is 2.58. The summed E-state index contributed by atoms with van der Waals surface area (Å²) in [6, 6.07) is 8.12. The molecule has 0 aliphatic carbocycles. The molecule has 17 heavy (non-hydrogen) atoms. The van der Waals surface area contributed by atoms with Crippen molar-refractivity contribution in [3.8, 4) is 5.75 Å². The molecule has 2 rings (SSSR count). The van der Waals surface area contributed by atoms with Crippen LogP contribution in [0.2, 0.25) is 0 Å². The van der Waals surface area contributed by atoms with Crippen molar-refractivity contribution in [2.45, 2.75) is 13.0 Å². The van der Waals surface area contributed by atoms with Crippen LogP contribution in [0.4, 0.5) is 0 Å². The minimum absolute atomic E-state index is 0.146. The van der Waals surface area contributed by atoms with Gasteiger partial charge in [-0.3, -0.25) is 4.79 Å². The molecule has 0 aromatic heterocycles. The third-order valence-corrected chi connectivity index (χ3v) is 2.97. The maximum Gasteiger partial charge on any atom is 0.309 e. The zero-order valence-corrected chi connectivity index (χ0v) is 10.1. The Kier molecular flexibility index (Phi) is 3.64. The average molecular weight is 235 g/mol. The van der Waals surface area contributed by atoms with Crippen LogP contribution in [0.3, 0.4) is 0 Å². The first-order chi connectivity index (χ1) is 8.22. The molecule has 1 aliphatic rings. The Labute approximate surface area is 101 Å². The summed E-state index contributed by atoms with van der Waals surface area (Å²) >= 11 is 0. The lowest BCUT2D eigenvalue weighted by Gasteiger charge is -2.14. The summed E-state index contributed by atoms with van der Waals surface area (Å²) in [5, 5.41) is 3.33. The van der Waals surface area contributed by atoms with Crippen LogP contribution >= 0.6 is 0 Å². The van der Waals surface area contributed by atoms with E-state index in [1.54, 1.807) is 0 Å².